The van der Waals surface area contributed by atoms with Crippen molar-refractivity contribution in [3.8, 4) is 17.1 Å². The number of rotatable bonds is 8. The molecule has 0 saturated heterocycles. The van der Waals surface area contributed by atoms with Gasteiger partial charge in [-0.15, -0.1) is 0 Å². The van der Waals surface area contributed by atoms with E-state index in [0.29, 0.717) is 41.1 Å². The van der Waals surface area contributed by atoms with E-state index in [2.05, 4.69) is 15.3 Å². The third-order valence-corrected chi connectivity index (χ3v) is 7.83. The molecule has 1 aliphatic carbocycles. The number of hydrogen-bond acceptors (Lipinski definition) is 6. The van der Waals surface area contributed by atoms with E-state index in [1.165, 1.54) is 31.4 Å². The van der Waals surface area contributed by atoms with Gasteiger partial charge in [0, 0.05) is 23.9 Å². The number of ether oxygens (including phenoxy) is 1. The van der Waals surface area contributed by atoms with Crippen molar-refractivity contribution in [1.29, 1.82) is 0 Å². The molecule has 2 aromatic heterocycles. The summed E-state index contributed by atoms with van der Waals surface area (Å²) in [6, 6.07) is 13.7. The summed E-state index contributed by atoms with van der Waals surface area (Å²) >= 11 is 0. The van der Waals surface area contributed by atoms with E-state index in [-0.39, 0.29) is 40.2 Å². The fraction of sp³-hybridized carbons (Fsp3) is 0.212. The van der Waals surface area contributed by atoms with Crippen molar-refractivity contribution in [2.45, 2.75) is 38.6 Å². The number of carbonyl (C=O) groups is 2. The van der Waals surface area contributed by atoms with Gasteiger partial charge in [-0.05, 0) is 91.9 Å². The molecule has 0 spiro atoms. The van der Waals surface area contributed by atoms with Crippen LogP contribution in [-0.2, 0) is 12.0 Å². The Hall–Kier alpha value is -5.12. The number of hydrogen-bond donors (Lipinski definition) is 2. The molecular formula is C33H28F2N4O4. The van der Waals surface area contributed by atoms with Crippen LogP contribution in [0.15, 0.2) is 65.2 Å². The molecule has 3 N–H and O–H groups in total. The van der Waals surface area contributed by atoms with Gasteiger partial charge in [0.05, 0.1) is 23.6 Å². The Bertz CT molecular complexity index is 1910. The fourth-order valence-electron chi connectivity index (χ4n) is 5.33. The van der Waals surface area contributed by atoms with Gasteiger partial charge in [0.15, 0.2) is 5.82 Å². The average Bonchev–Trinajstić information content (AvgIpc) is 3.65. The second-order valence-corrected chi connectivity index (χ2v) is 10.8. The van der Waals surface area contributed by atoms with Crippen molar-refractivity contribution in [2.75, 3.05) is 7.11 Å². The molecule has 8 nitrogen and oxygen atoms in total. The van der Waals surface area contributed by atoms with Gasteiger partial charge in [0.1, 0.15) is 34.3 Å². The lowest BCUT2D eigenvalue weighted by molar-refractivity contribution is 0.0924. The number of benzene rings is 3. The summed E-state index contributed by atoms with van der Waals surface area (Å²) in [6.07, 6.45) is 3.20. The van der Waals surface area contributed by atoms with Crippen molar-refractivity contribution >= 4 is 22.8 Å². The topological polar surface area (TPSA) is 120 Å². The molecule has 2 heterocycles. The highest BCUT2D eigenvalue weighted by Gasteiger charge is 2.49. The van der Waals surface area contributed by atoms with Gasteiger partial charge < -0.3 is 20.2 Å². The Balaban J connectivity index is 1.36. The minimum absolute atomic E-state index is 0.0534. The lowest BCUT2D eigenvalue weighted by Crippen LogP contribution is -2.36. The second kappa shape index (κ2) is 10.6. The number of aryl methyl sites for hydroxylation is 2. The molecule has 6 rings (SSSR count). The van der Waals surface area contributed by atoms with Gasteiger partial charge in [-0.1, -0.05) is 6.07 Å². The number of methoxy groups -OCH3 is 1. The Morgan fingerprint density at radius 2 is 1.79 bits per heavy atom. The van der Waals surface area contributed by atoms with E-state index in [1.807, 2.05) is 13.8 Å². The number of amides is 2. The highest BCUT2D eigenvalue weighted by molar-refractivity contribution is 6.11. The minimum Gasteiger partial charge on any atom is -0.496 e. The zero-order chi connectivity index (χ0) is 30.5. The standard InChI is InChI=1S/C33H28F2N4O4/c1-17-14-25(42-3)23(31(41)39-33(11-12-33)32-37-13-10-18(2)38-32)16-21(17)15-20-6-9-24-26(28(20)35)27(30(36)40)29(43-24)19-4-7-22(34)8-5-19/h4-10,13-14,16H,11-12,15H2,1-3H3,(H2,36,40)(H,39,41). The zero-order valence-electron chi connectivity index (χ0n) is 23.8. The first-order valence-corrected chi connectivity index (χ1v) is 13.7. The van der Waals surface area contributed by atoms with Crippen LogP contribution in [0, 0.1) is 25.5 Å². The number of primary amides is 1. The fourth-order valence-corrected chi connectivity index (χ4v) is 5.33. The third-order valence-electron chi connectivity index (χ3n) is 7.83. The molecule has 1 aliphatic rings. The lowest BCUT2D eigenvalue weighted by atomic mass is 9.95. The molecule has 0 atom stereocenters. The maximum absolute atomic E-state index is 16.1. The van der Waals surface area contributed by atoms with E-state index in [9.17, 15) is 14.0 Å². The SMILES string of the molecule is COc1cc(C)c(Cc2ccc3oc(-c4ccc(F)cc4)c(C(N)=O)c3c2F)cc1C(=O)NC1(c2nccc(C)n2)CC1. The highest BCUT2D eigenvalue weighted by Crippen LogP contribution is 2.44. The zero-order valence-corrected chi connectivity index (χ0v) is 23.8. The van der Waals surface area contributed by atoms with Gasteiger partial charge in [-0.3, -0.25) is 9.59 Å². The number of carbonyl (C=O) groups excluding carboxylic acids is 2. The molecule has 5 aromatic rings. The van der Waals surface area contributed by atoms with Crippen LogP contribution in [0.2, 0.25) is 0 Å². The van der Waals surface area contributed by atoms with Gasteiger partial charge >= 0.3 is 0 Å². The van der Waals surface area contributed by atoms with Crippen molar-refractivity contribution in [3.05, 3.63) is 112 Å². The van der Waals surface area contributed by atoms with Gasteiger partial charge in [0.25, 0.3) is 11.8 Å². The molecule has 0 aliphatic heterocycles. The smallest absolute Gasteiger partial charge is 0.255 e. The van der Waals surface area contributed by atoms with E-state index in [1.54, 1.807) is 36.5 Å². The van der Waals surface area contributed by atoms with E-state index in [0.717, 1.165) is 11.3 Å². The molecule has 0 unspecified atom stereocenters. The Kier molecular flexibility index (Phi) is 6.92. The Labute approximate surface area is 245 Å². The molecule has 10 heteroatoms. The van der Waals surface area contributed by atoms with Crippen molar-refractivity contribution in [2.24, 2.45) is 5.73 Å². The first-order chi connectivity index (χ1) is 20.6. The molecule has 0 bridgehead atoms. The Morgan fingerprint density at radius 1 is 1.05 bits per heavy atom. The van der Waals surface area contributed by atoms with Crippen molar-refractivity contribution < 1.29 is 27.5 Å². The summed E-state index contributed by atoms with van der Waals surface area (Å²) < 4.78 is 41.0. The Morgan fingerprint density at radius 3 is 2.44 bits per heavy atom. The van der Waals surface area contributed by atoms with Crippen LogP contribution in [0.3, 0.4) is 0 Å². The number of furan rings is 1. The first kappa shape index (κ1) is 28.0. The third kappa shape index (κ3) is 5.09. The van der Waals surface area contributed by atoms with Crippen molar-refractivity contribution in [1.82, 2.24) is 15.3 Å². The molecule has 0 radical (unpaired) electrons. The van der Waals surface area contributed by atoms with Crippen LogP contribution < -0.4 is 15.8 Å². The van der Waals surface area contributed by atoms with E-state index < -0.39 is 23.1 Å². The molecular weight excluding hydrogens is 554 g/mol. The summed E-state index contributed by atoms with van der Waals surface area (Å²) in [5, 5.41) is 3.03. The number of nitrogens with zero attached hydrogens (tertiary/aromatic N) is 2. The van der Waals surface area contributed by atoms with E-state index in [4.69, 9.17) is 14.9 Å². The summed E-state index contributed by atoms with van der Waals surface area (Å²) in [5.41, 5.74) is 8.26. The summed E-state index contributed by atoms with van der Waals surface area (Å²) in [4.78, 5) is 34.9. The summed E-state index contributed by atoms with van der Waals surface area (Å²) in [7, 11) is 1.48. The first-order valence-electron chi connectivity index (χ1n) is 13.7. The molecule has 43 heavy (non-hydrogen) atoms. The van der Waals surface area contributed by atoms with Crippen LogP contribution in [0.4, 0.5) is 8.78 Å². The van der Waals surface area contributed by atoms with Gasteiger partial charge in [-0.25, -0.2) is 18.7 Å². The van der Waals surface area contributed by atoms with Crippen LogP contribution in [0.25, 0.3) is 22.3 Å². The maximum atomic E-state index is 16.1. The van der Waals surface area contributed by atoms with Crippen LogP contribution >= 0.6 is 0 Å². The molecule has 3 aromatic carbocycles. The van der Waals surface area contributed by atoms with Gasteiger partial charge in [-0.2, -0.15) is 0 Å². The minimum atomic E-state index is -0.875. The maximum Gasteiger partial charge on any atom is 0.255 e. The summed E-state index contributed by atoms with van der Waals surface area (Å²) in [5.74, 6) is -1.36. The van der Waals surface area contributed by atoms with Crippen molar-refractivity contribution in [3.63, 3.8) is 0 Å². The molecule has 2 amide bonds. The predicted molar refractivity (Wildman–Crippen MR) is 156 cm³/mol. The highest BCUT2D eigenvalue weighted by atomic mass is 19.1. The second-order valence-electron chi connectivity index (χ2n) is 10.8. The normalized spacial score (nSPS) is 13.6. The van der Waals surface area contributed by atoms with Crippen LogP contribution in [0.1, 0.15) is 61.8 Å². The summed E-state index contributed by atoms with van der Waals surface area (Å²) in [6.45, 7) is 3.71. The molecule has 1 saturated carbocycles. The predicted octanol–water partition coefficient (Wildman–Crippen LogP) is 5.90. The largest absolute Gasteiger partial charge is 0.496 e. The number of nitrogens with one attached hydrogen (secondary N) is 1. The quantitative estimate of drug-likeness (QED) is 0.235. The number of fused-ring (bicyclic) bond motifs is 1. The van der Waals surface area contributed by atoms with Crippen LogP contribution in [0.5, 0.6) is 5.75 Å². The van der Waals surface area contributed by atoms with Gasteiger partial charge in [0.2, 0.25) is 0 Å². The van der Waals surface area contributed by atoms with E-state index >= 15 is 4.39 Å². The number of nitrogens with two attached hydrogens (primary N) is 1. The monoisotopic (exact) mass is 582 g/mol. The van der Waals surface area contributed by atoms with Crippen LogP contribution in [-0.4, -0.2) is 28.9 Å². The molecule has 1 fully saturated rings. The average molecular weight is 583 g/mol. The molecule has 218 valence electrons. The lowest BCUT2D eigenvalue weighted by Gasteiger charge is -2.19. The number of halogens is 2. The number of aromatic nitrogens is 2.